The lowest BCUT2D eigenvalue weighted by Gasteiger charge is -2.28. The topological polar surface area (TPSA) is 79.8 Å². The van der Waals surface area contributed by atoms with E-state index in [-0.39, 0.29) is 6.03 Å². The molecule has 1 aliphatic carbocycles. The third-order valence-corrected chi connectivity index (χ3v) is 5.91. The van der Waals surface area contributed by atoms with Gasteiger partial charge in [0.15, 0.2) is 11.5 Å². The highest BCUT2D eigenvalue weighted by Crippen LogP contribution is 2.35. The number of hydrogen-bond donors (Lipinski definition) is 1. The van der Waals surface area contributed by atoms with Gasteiger partial charge >= 0.3 is 6.03 Å². The molecule has 0 atom stereocenters. The molecular formula is C24H29N5O3. The molecule has 32 heavy (non-hydrogen) atoms. The fourth-order valence-electron chi connectivity index (χ4n) is 4.03. The molecule has 8 nitrogen and oxygen atoms in total. The van der Waals surface area contributed by atoms with Gasteiger partial charge in [-0.05, 0) is 43.1 Å². The van der Waals surface area contributed by atoms with Crippen LogP contribution in [0.1, 0.15) is 25.0 Å². The van der Waals surface area contributed by atoms with Crippen LogP contribution in [0, 0.1) is 0 Å². The fourth-order valence-corrected chi connectivity index (χ4v) is 4.03. The summed E-state index contributed by atoms with van der Waals surface area (Å²) in [7, 11) is 7.29. The van der Waals surface area contributed by atoms with Gasteiger partial charge in [-0.2, -0.15) is 0 Å². The van der Waals surface area contributed by atoms with Crippen LogP contribution in [-0.2, 0) is 0 Å². The van der Waals surface area contributed by atoms with E-state index in [1.807, 2.05) is 37.2 Å². The molecule has 4 rings (SSSR count). The zero-order valence-corrected chi connectivity index (χ0v) is 19.0. The molecule has 0 radical (unpaired) electrons. The van der Waals surface area contributed by atoms with Gasteiger partial charge in [0, 0.05) is 50.0 Å². The number of benzene rings is 1. The number of carbonyl (C=O) groups excluding carboxylic acids is 1. The third-order valence-electron chi connectivity index (χ3n) is 5.91. The summed E-state index contributed by atoms with van der Waals surface area (Å²) in [6.45, 7) is 1.16. The quantitative estimate of drug-likeness (QED) is 0.774. The summed E-state index contributed by atoms with van der Waals surface area (Å²) >= 11 is 0. The number of methoxy groups -OCH3 is 2. The lowest BCUT2D eigenvalue weighted by Crippen LogP contribution is -2.42. The number of rotatable bonds is 5. The minimum atomic E-state index is -0.0628. The molecule has 0 unspecified atom stereocenters. The molecular weight excluding hydrogens is 406 g/mol. The van der Waals surface area contributed by atoms with Crippen LogP contribution in [0.15, 0.2) is 48.1 Å². The van der Waals surface area contributed by atoms with E-state index >= 15 is 0 Å². The molecule has 2 amide bonds. The van der Waals surface area contributed by atoms with Crippen LogP contribution in [-0.4, -0.2) is 67.2 Å². The van der Waals surface area contributed by atoms with Crippen molar-refractivity contribution in [3.05, 3.63) is 53.8 Å². The van der Waals surface area contributed by atoms with Crippen molar-refractivity contribution in [1.29, 1.82) is 0 Å². The van der Waals surface area contributed by atoms with Crippen molar-refractivity contribution in [1.82, 2.24) is 25.1 Å². The maximum Gasteiger partial charge on any atom is 0.321 e. The number of fused-ring (bicyclic) bond motifs is 1. The maximum atomic E-state index is 12.7. The van der Waals surface area contributed by atoms with Gasteiger partial charge in [0.1, 0.15) is 6.33 Å². The Labute approximate surface area is 188 Å². The average Bonchev–Trinajstić information content (AvgIpc) is 2.83. The Balaban J connectivity index is 1.49. The highest BCUT2D eigenvalue weighted by atomic mass is 16.5. The summed E-state index contributed by atoms with van der Waals surface area (Å²) in [5.74, 6) is 1.27. The van der Waals surface area contributed by atoms with Crippen molar-refractivity contribution in [3.63, 3.8) is 0 Å². The number of carbonyl (C=O) groups is 1. The van der Waals surface area contributed by atoms with Crippen molar-refractivity contribution in [2.75, 3.05) is 41.4 Å². The molecule has 1 aromatic carbocycles. The average molecular weight is 436 g/mol. The molecule has 0 fully saturated rings. The van der Waals surface area contributed by atoms with Gasteiger partial charge in [-0.3, -0.25) is 0 Å². The van der Waals surface area contributed by atoms with E-state index in [1.165, 1.54) is 5.70 Å². The molecule has 0 bridgehead atoms. The summed E-state index contributed by atoms with van der Waals surface area (Å²) in [6, 6.07) is 3.71. The van der Waals surface area contributed by atoms with Crippen LogP contribution in [0.3, 0.4) is 0 Å². The Morgan fingerprint density at radius 1 is 1.06 bits per heavy atom. The zero-order valence-electron chi connectivity index (χ0n) is 19.0. The minimum Gasteiger partial charge on any atom is -0.493 e. The Kier molecular flexibility index (Phi) is 6.30. The van der Waals surface area contributed by atoms with Crippen molar-refractivity contribution in [2.45, 2.75) is 19.3 Å². The third kappa shape index (κ3) is 4.39. The van der Waals surface area contributed by atoms with Gasteiger partial charge in [-0.25, -0.2) is 14.8 Å². The molecule has 168 valence electrons. The second-order valence-electron chi connectivity index (χ2n) is 8.05. The predicted octanol–water partition coefficient (Wildman–Crippen LogP) is 3.57. The normalized spacial score (nSPS) is 16.1. The number of nitrogens with zero attached hydrogens (tertiary/aromatic N) is 4. The molecule has 1 aromatic heterocycles. The minimum absolute atomic E-state index is 0.0628. The van der Waals surface area contributed by atoms with Crippen molar-refractivity contribution < 1.29 is 14.3 Å². The van der Waals surface area contributed by atoms with Crippen molar-refractivity contribution in [2.24, 2.45) is 0 Å². The second kappa shape index (κ2) is 9.30. The van der Waals surface area contributed by atoms with Gasteiger partial charge in [0.05, 0.1) is 25.4 Å². The first-order valence-corrected chi connectivity index (χ1v) is 10.7. The standard InChI is InChI=1S/C24H29N5O3/c1-28(2)18-7-5-17(6-8-18)27-24(30)29-11-9-16(10-12-29)23-19-13-21(31-3)22(32-4)14-20(19)25-15-26-23/h5,7,9,13-15H,6,8,10-12H2,1-4H3,(H,27,30). The Bertz CT molecular complexity index is 1120. The number of hydrogen-bond acceptors (Lipinski definition) is 6. The first kappa shape index (κ1) is 21.7. The highest BCUT2D eigenvalue weighted by molar-refractivity contribution is 5.92. The summed E-state index contributed by atoms with van der Waals surface area (Å²) < 4.78 is 10.8. The molecule has 1 aliphatic heterocycles. The van der Waals surface area contributed by atoms with E-state index in [1.54, 1.807) is 20.5 Å². The van der Waals surface area contributed by atoms with E-state index < -0.39 is 0 Å². The van der Waals surface area contributed by atoms with Crippen molar-refractivity contribution >= 4 is 22.5 Å². The molecule has 0 saturated heterocycles. The number of nitrogens with one attached hydrogen (secondary N) is 1. The molecule has 1 N–H and O–H groups in total. The van der Waals surface area contributed by atoms with Crippen LogP contribution in [0.4, 0.5) is 4.79 Å². The summed E-state index contributed by atoms with van der Waals surface area (Å²) in [6.07, 6.45) is 10.2. The predicted molar refractivity (Wildman–Crippen MR) is 124 cm³/mol. The largest absolute Gasteiger partial charge is 0.493 e. The Hall–Kier alpha value is -3.55. The van der Waals surface area contributed by atoms with Crippen molar-refractivity contribution in [3.8, 4) is 11.5 Å². The van der Waals surface area contributed by atoms with Gasteiger partial charge in [0.2, 0.25) is 0 Å². The molecule has 0 spiro atoms. The number of urea groups is 1. The summed E-state index contributed by atoms with van der Waals surface area (Å²) in [4.78, 5) is 25.6. The molecule has 0 saturated carbocycles. The lowest BCUT2D eigenvalue weighted by molar-refractivity contribution is 0.205. The molecule has 2 aromatic rings. The number of amides is 2. The first-order chi connectivity index (χ1) is 15.5. The lowest BCUT2D eigenvalue weighted by atomic mass is 10.0. The van der Waals surface area contributed by atoms with E-state index in [9.17, 15) is 4.79 Å². The van der Waals surface area contributed by atoms with E-state index in [2.05, 4.69) is 32.3 Å². The zero-order chi connectivity index (χ0) is 22.7. The summed E-state index contributed by atoms with van der Waals surface area (Å²) in [5, 5.41) is 3.97. The van der Waals surface area contributed by atoms with E-state index in [0.717, 1.165) is 47.1 Å². The number of ether oxygens (including phenoxy) is 2. The smallest absolute Gasteiger partial charge is 0.321 e. The van der Waals surface area contributed by atoms with Crippen LogP contribution < -0.4 is 14.8 Å². The molecule has 2 heterocycles. The Morgan fingerprint density at radius 2 is 1.84 bits per heavy atom. The van der Waals surface area contributed by atoms with Gasteiger partial charge in [0.25, 0.3) is 0 Å². The Morgan fingerprint density at radius 3 is 2.47 bits per heavy atom. The van der Waals surface area contributed by atoms with Crippen LogP contribution in [0.2, 0.25) is 0 Å². The van der Waals surface area contributed by atoms with Crippen LogP contribution in [0.25, 0.3) is 16.5 Å². The second-order valence-corrected chi connectivity index (χ2v) is 8.05. The fraction of sp³-hybridized carbons (Fsp3) is 0.375. The monoisotopic (exact) mass is 435 g/mol. The highest BCUT2D eigenvalue weighted by Gasteiger charge is 2.21. The van der Waals surface area contributed by atoms with Gasteiger partial charge in [-0.1, -0.05) is 6.08 Å². The van der Waals surface area contributed by atoms with E-state index in [4.69, 9.17) is 9.47 Å². The molecule has 2 aliphatic rings. The van der Waals surface area contributed by atoms with Crippen LogP contribution in [0.5, 0.6) is 11.5 Å². The van der Waals surface area contributed by atoms with Crippen LogP contribution >= 0.6 is 0 Å². The van der Waals surface area contributed by atoms with Gasteiger partial charge in [-0.15, -0.1) is 0 Å². The number of allylic oxidation sites excluding steroid dienone is 4. The first-order valence-electron chi connectivity index (χ1n) is 10.7. The van der Waals surface area contributed by atoms with Gasteiger partial charge < -0.3 is 24.6 Å². The number of aromatic nitrogens is 2. The molecule has 8 heteroatoms. The summed E-state index contributed by atoms with van der Waals surface area (Å²) in [5.41, 5.74) is 4.98. The SMILES string of the molecule is COc1cc2ncnc(C3=CCN(C(=O)NC4=CC=C(N(C)C)CC4)CC3)c2cc1OC. The maximum absolute atomic E-state index is 12.7. The van der Waals surface area contributed by atoms with E-state index in [0.29, 0.717) is 24.6 Å².